The number of aromatic hydroxyl groups is 1. The van der Waals surface area contributed by atoms with Crippen LogP contribution < -0.4 is 10.7 Å². The zero-order valence-electron chi connectivity index (χ0n) is 10.9. The molecule has 0 bridgehead atoms. The van der Waals surface area contributed by atoms with Gasteiger partial charge in [0, 0.05) is 5.35 Å². The Balaban J connectivity index is 2.55. The Bertz CT molecular complexity index is 711. The average Bonchev–Trinajstić information content (AvgIpc) is 2.66. The first kappa shape index (κ1) is 13.0. The van der Waals surface area contributed by atoms with Crippen LogP contribution in [-0.4, -0.2) is 23.2 Å². The fraction of sp³-hybridized carbons (Fsp3) is 0.133. The van der Waals surface area contributed by atoms with Gasteiger partial charge in [-0.2, -0.15) is 0 Å². The van der Waals surface area contributed by atoms with E-state index in [0.717, 1.165) is 11.1 Å². The molecule has 2 N–H and O–H groups in total. The summed E-state index contributed by atoms with van der Waals surface area (Å²) in [6.45, 7) is 5.69. The highest BCUT2D eigenvalue weighted by atomic mass is 16.5. The van der Waals surface area contributed by atoms with Gasteiger partial charge in [0.25, 0.3) is 0 Å². The maximum Gasteiger partial charge on any atom is 0.343 e. The predicted molar refractivity (Wildman–Crippen MR) is 73.3 cm³/mol. The number of carbonyl (C=O) groups excluding carboxylic acids is 1. The zero-order valence-corrected chi connectivity index (χ0v) is 10.9. The highest BCUT2D eigenvalue weighted by Crippen LogP contribution is 2.09. The lowest BCUT2D eigenvalue weighted by atomic mass is 10.1. The number of esters is 1. The van der Waals surface area contributed by atoms with Gasteiger partial charge in [0.1, 0.15) is 5.56 Å². The van der Waals surface area contributed by atoms with E-state index in [1.807, 2.05) is 31.2 Å². The fourth-order valence-electron chi connectivity index (χ4n) is 1.82. The topological polar surface area (TPSA) is 62.3 Å². The van der Waals surface area contributed by atoms with Gasteiger partial charge in [-0.25, -0.2) is 4.79 Å². The van der Waals surface area contributed by atoms with Crippen LogP contribution in [0.15, 0.2) is 24.3 Å². The molecular formula is C15H15NO3. The number of ether oxygens (including phenoxy) is 1. The molecule has 2 aromatic rings. The largest absolute Gasteiger partial charge is 0.505 e. The summed E-state index contributed by atoms with van der Waals surface area (Å²) in [5.74, 6) is -0.750. The van der Waals surface area contributed by atoms with Crippen molar-refractivity contribution < 1.29 is 14.6 Å². The first-order valence-electron chi connectivity index (χ1n) is 5.79. The van der Waals surface area contributed by atoms with Gasteiger partial charge in [-0.1, -0.05) is 36.4 Å². The number of nitrogens with one attached hydrogen (secondary N) is 1. The number of rotatable bonds is 2. The van der Waals surface area contributed by atoms with Crippen LogP contribution in [0.2, 0.25) is 0 Å². The van der Waals surface area contributed by atoms with Gasteiger partial charge < -0.3 is 14.8 Å². The highest BCUT2D eigenvalue weighted by molar-refractivity contribution is 5.92. The van der Waals surface area contributed by atoms with E-state index in [-0.39, 0.29) is 11.3 Å². The van der Waals surface area contributed by atoms with Crippen molar-refractivity contribution in [1.29, 1.82) is 0 Å². The molecular weight excluding hydrogens is 242 g/mol. The van der Waals surface area contributed by atoms with E-state index in [2.05, 4.69) is 16.3 Å². The molecule has 0 saturated heterocycles. The van der Waals surface area contributed by atoms with Gasteiger partial charge in [0.15, 0.2) is 5.75 Å². The maximum atomic E-state index is 11.5. The van der Waals surface area contributed by atoms with Crippen molar-refractivity contribution in [2.24, 2.45) is 0 Å². The molecule has 98 valence electrons. The van der Waals surface area contributed by atoms with Crippen molar-refractivity contribution in [1.82, 2.24) is 4.98 Å². The molecule has 0 fully saturated rings. The van der Waals surface area contributed by atoms with Gasteiger partial charge in [0.2, 0.25) is 0 Å². The fourth-order valence-corrected chi connectivity index (χ4v) is 1.82. The van der Waals surface area contributed by atoms with Crippen molar-refractivity contribution >= 4 is 18.6 Å². The summed E-state index contributed by atoms with van der Waals surface area (Å²) in [6, 6.07) is 7.79. The lowest BCUT2D eigenvalue weighted by Gasteiger charge is -1.96. The highest BCUT2D eigenvalue weighted by Gasteiger charge is 2.15. The number of aryl methyl sites for hydroxylation is 1. The normalized spacial score (nSPS) is 11.6. The number of methoxy groups -OCH3 is 1. The first-order chi connectivity index (χ1) is 9.02. The van der Waals surface area contributed by atoms with Crippen molar-refractivity contribution in [3.63, 3.8) is 0 Å². The molecule has 1 aromatic carbocycles. The van der Waals surface area contributed by atoms with Gasteiger partial charge in [-0.15, -0.1) is 0 Å². The number of aromatic nitrogens is 1. The van der Waals surface area contributed by atoms with Crippen LogP contribution in [0.25, 0.3) is 12.7 Å². The lowest BCUT2D eigenvalue weighted by molar-refractivity contribution is 0.0596. The molecule has 0 spiro atoms. The van der Waals surface area contributed by atoms with E-state index in [1.165, 1.54) is 7.11 Å². The Morgan fingerprint density at radius 1 is 1.37 bits per heavy atom. The third kappa shape index (κ3) is 2.52. The van der Waals surface area contributed by atoms with Crippen LogP contribution in [0.5, 0.6) is 5.75 Å². The minimum Gasteiger partial charge on any atom is -0.505 e. The third-order valence-corrected chi connectivity index (χ3v) is 2.86. The van der Waals surface area contributed by atoms with Crippen LogP contribution in [0.1, 0.15) is 21.5 Å². The molecule has 1 heterocycles. The minimum atomic E-state index is -0.609. The Morgan fingerprint density at radius 3 is 2.58 bits per heavy atom. The standard InChI is InChI=1S/C15H15NO3/c1-9-4-6-11(7-5-9)8-12-14(17)13(10(2)16-12)15(18)19-3/h4-8,16-17H,2H2,1,3H3/b12-8+. The van der Waals surface area contributed by atoms with E-state index in [9.17, 15) is 9.90 Å². The molecule has 0 unspecified atom stereocenters. The Morgan fingerprint density at radius 2 is 2.00 bits per heavy atom. The number of hydrogen-bond donors (Lipinski definition) is 2. The molecule has 0 aliphatic carbocycles. The monoisotopic (exact) mass is 257 g/mol. The van der Waals surface area contributed by atoms with Crippen molar-refractivity contribution in [2.75, 3.05) is 7.11 Å². The van der Waals surface area contributed by atoms with Crippen molar-refractivity contribution in [3.05, 3.63) is 51.7 Å². The Labute approximate surface area is 110 Å². The van der Waals surface area contributed by atoms with E-state index in [4.69, 9.17) is 0 Å². The molecule has 0 saturated carbocycles. The second kappa shape index (κ2) is 5.02. The van der Waals surface area contributed by atoms with Gasteiger partial charge in [-0.05, 0) is 18.6 Å². The van der Waals surface area contributed by atoms with Crippen molar-refractivity contribution in [3.8, 4) is 5.75 Å². The molecule has 0 radical (unpaired) electrons. The second-order valence-electron chi connectivity index (χ2n) is 4.29. The Hall–Kier alpha value is -2.49. The first-order valence-corrected chi connectivity index (χ1v) is 5.79. The van der Waals surface area contributed by atoms with E-state index < -0.39 is 5.97 Å². The van der Waals surface area contributed by atoms with E-state index in [0.29, 0.717) is 10.7 Å². The molecule has 19 heavy (non-hydrogen) atoms. The third-order valence-electron chi connectivity index (χ3n) is 2.86. The lowest BCUT2D eigenvalue weighted by Crippen LogP contribution is -2.13. The number of carbonyl (C=O) groups is 1. The van der Waals surface area contributed by atoms with Gasteiger partial charge in [-0.3, -0.25) is 0 Å². The molecule has 0 aliphatic rings. The van der Waals surface area contributed by atoms with Crippen LogP contribution >= 0.6 is 0 Å². The molecule has 4 heteroatoms. The van der Waals surface area contributed by atoms with Crippen LogP contribution in [0, 0.1) is 6.92 Å². The van der Waals surface area contributed by atoms with Crippen LogP contribution in [0.3, 0.4) is 0 Å². The number of aromatic amines is 1. The summed E-state index contributed by atoms with van der Waals surface area (Å²) in [5, 5.41) is 10.8. The minimum absolute atomic E-state index is 0.0702. The quantitative estimate of drug-likeness (QED) is 0.791. The number of benzene rings is 1. The summed E-state index contributed by atoms with van der Waals surface area (Å²) >= 11 is 0. The Kier molecular flexibility index (Phi) is 3.42. The number of hydrogen-bond acceptors (Lipinski definition) is 3. The van der Waals surface area contributed by atoms with E-state index >= 15 is 0 Å². The van der Waals surface area contributed by atoms with Crippen LogP contribution in [-0.2, 0) is 4.74 Å². The molecule has 0 atom stereocenters. The molecule has 0 amide bonds. The summed E-state index contributed by atoms with van der Waals surface area (Å²) in [6.07, 6.45) is 1.75. The molecule has 4 nitrogen and oxygen atoms in total. The van der Waals surface area contributed by atoms with Crippen molar-refractivity contribution in [2.45, 2.75) is 6.92 Å². The molecule has 2 rings (SSSR count). The smallest absolute Gasteiger partial charge is 0.343 e. The summed E-state index contributed by atoms with van der Waals surface area (Å²) in [4.78, 5) is 14.4. The second-order valence-corrected chi connectivity index (χ2v) is 4.29. The number of H-pyrrole nitrogens is 1. The average molecular weight is 257 g/mol. The summed E-state index contributed by atoms with van der Waals surface area (Å²) in [7, 11) is 1.26. The van der Waals surface area contributed by atoms with Gasteiger partial charge in [0.05, 0.1) is 12.5 Å². The van der Waals surface area contributed by atoms with Gasteiger partial charge >= 0.3 is 5.97 Å². The molecule has 0 aliphatic heterocycles. The maximum absolute atomic E-state index is 11.5. The molecule has 1 aromatic heterocycles. The van der Waals surface area contributed by atoms with Crippen LogP contribution in [0.4, 0.5) is 0 Å². The summed E-state index contributed by atoms with van der Waals surface area (Å²) < 4.78 is 4.60. The van der Waals surface area contributed by atoms with E-state index in [1.54, 1.807) is 6.08 Å². The summed E-state index contributed by atoms with van der Waals surface area (Å²) in [5.41, 5.74) is 2.14. The zero-order chi connectivity index (χ0) is 14.0. The SMILES string of the molecule is C=c1[nH]/c(=C/c2ccc(C)cc2)c(O)c1C(=O)OC. The predicted octanol–water partition coefficient (Wildman–Crippen LogP) is 1.05.